The van der Waals surface area contributed by atoms with Crippen LogP contribution in [0.25, 0.3) is 0 Å². The average Bonchev–Trinajstić information content (AvgIpc) is 3.36. The Hall–Kier alpha value is -2.37. The average molecular weight is 398 g/mol. The minimum absolute atomic E-state index is 0.253. The van der Waals surface area contributed by atoms with E-state index in [1.54, 1.807) is 0 Å². The molecule has 2 aromatic carbocycles. The summed E-state index contributed by atoms with van der Waals surface area (Å²) >= 11 is 5.99. The topological polar surface area (TPSA) is 66.6 Å². The summed E-state index contributed by atoms with van der Waals surface area (Å²) in [6.45, 7) is 1.39. The number of nitrogens with two attached hydrogens (primary N) is 1. The number of carbonyl (C=O) groups excluding carboxylic acids is 2. The molecule has 1 aliphatic carbocycles. The lowest BCUT2D eigenvalue weighted by atomic mass is 9.94. The number of nitrogen functional groups attached to an aromatic ring is 1. The lowest BCUT2D eigenvalue weighted by Crippen LogP contribution is -2.31. The zero-order chi connectivity index (χ0) is 20.1. The van der Waals surface area contributed by atoms with Crippen LogP contribution in [-0.2, 0) is 11.8 Å². The van der Waals surface area contributed by atoms with Crippen LogP contribution in [0.5, 0.6) is 0 Å². The summed E-state index contributed by atoms with van der Waals surface area (Å²) < 4.78 is 0. The fourth-order valence-electron chi connectivity index (χ4n) is 4.17. The Morgan fingerprint density at radius 2 is 1.79 bits per heavy atom. The van der Waals surface area contributed by atoms with Gasteiger partial charge in [0.15, 0.2) is 0 Å². The van der Waals surface area contributed by atoms with E-state index in [1.807, 2.05) is 0 Å². The van der Waals surface area contributed by atoms with Gasteiger partial charge in [0, 0.05) is 29.2 Å². The monoisotopic (exact) mass is 397 g/mol. The number of hydrogen-bond donors (Lipinski definition) is 1. The quantitative estimate of drug-likeness (QED) is 0.599. The Morgan fingerprint density at radius 3 is 2.39 bits per heavy atom. The van der Waals surface area contributed by atoms with Gasteiger partial charge in [0.05, 0.1) is 11.1 Å². The molecular formula is C22H24ClN3O2. The molecule has 1 aliphatic heterocycles. The number of likely N-dealkylation sites (N-methyl/N-ethyl adjacent to an activating group) is 1. The summed E-state index contributed by atoms with van der Waals surface area (Å²) in [5, 5.41) is 0.363. The van der Waals surface area contributed by atoms with Crippen molar-refractivity contribution >= 4 is 29.1 Å². The fourth-order valence-corrected chi connectivity index (χ4v) is 4.40. The SMILES string of the molecule is CN(C)CC1(c2ccc(CCN3C(=O)c4cc(Cl)cc(N)c4C3=O)cc2)CC1. The number of carbonyl (C=O) groups is 2. The number of anilines is 1. The highest BCUT2D eigenvalue weighted by molar-refractivity contribution is 6.33. The Balaban J connectivity index is 1.45. The molecule has 6 heteroatoms. The van der Waals surface area contributed by atoms with Crippen molar-refractivity contribution in [3.63, 3.8) is 0 Å². The van der Waals surface area contributed by atoms with Crippen molar-refractivity contribution in [1.29, 1.82) is 0 Å². The molecular weight excluding hydrogens is 374 g/mol. The molecule has 2 aliphatic rings. The highest BCUT2D eigenvalue weighted by Gasteiger charge is 2.44. The van der Waals surface area contributed by atoms with Crippen molar-refractivity contribution in [2.75, 3.05) is 32.9 Å². The summed E-state index contributed by atoms with van der Waals surface area (Å²) in [7, 11) is 4.22. The third-order valence-electron chi connectivity index (χ3n) is 5.73. The number of rotatable bonds is 6. The number of hydrogen-bond acceptors (Lipinski definition) is 4. The van der Waals surface area contributed by atoms with Crippen LogP contribution in [-0.4, -0.2) is 48.8 Å². The molecule has 0 unspecified atom stereocenters. The molecule has 1 heterocycles. The van der Waals surface area contributed by atoms with E-state index >= 15 is 0 Å². The first-order valence-electron chi connectivity index (χ1n) is 9.50. The number of nitrogens with zero attached hydrogens (tertiary/aromatic N) is 2. The molecule has 0 saturated heterocycles. The zero-order valence-corrected chi connectivity index (χ0v) is 16.9. The first-order valence-corrected chi connectivity index (χ1v) is 9.88. The first-order chi connectivity index (χ1) is 13.3. The van der Waals surface area contributed by atoms with Crippen LogP contribution in [0, 0.1) is 0 Å². The van der Waals surface area contributed by atoms with Gasteiger partial charge in [-0.15, -0.1) is 0 Å². The molecule has 4 rings (SSSR count). The van der Waals surface area contributed by atoms with E-state index in [1.165, 1.54) is 35.4 Å². The molecule has 1 saturated carbocycles. The van der Waals surface area contributed by atoms with E-state index in [4.69, 9.17) is 17.3 Å². The number of fused-ring (bicyclic) bond motifs is 1. The zero-order valence-electron chi connectivity index (χ0n) is 16.2. The Bertz CT molecular complexity index is 949. The van der Waals surface area contributed by atoms with Crippen molar-refractivity contribution in [1.82, 2.24) is 9.80 Å². The number of imide groups is 1. The Morgan fingerprint density at radius 1 is 1.11 bits per heavy atom. The second-order valence-corrected chi connectivity index (χ2v) is 8.58. The summed E-state index contributed by atoms with van der Waals surface area (Å²) in [5.74, 6) is -0.664. The number of halogens is 1. The lowest BCUT2D eigenvalue weighted by Gasteiger charge is -2.21. The first kappa shape index (κ1) is 19.0. The van der Waals surface area contributed by atoms with Gasteiger partial charge in [-0.3, -0.25) is 14.5 Å². The van der Waals surface area contributed by atoms with Gasteiger partial charge in [0.2, 0.25) is 0 Å². The molecule has 2 aromatic rings. The van der Waals surface area contributed by atoms with E-state index in [2.05, 4.69) is 43.3 Å². The Kier molecular flexibility index (Phi) is 4.68. The van der Waals surface area contributed by atoms with Crippen molar-refractivity contribution in [2.24, 2.45) is 0 Å². The smallest absolute Gasteiger partial charge is 0.263 e. The van der Waals surface area contributed by atoms with E-state index in [-0.39, 0.29) is 23.1 Å². The van der Waals surface area contributed by atoms with Gasteiger partial charge < -0.3 is 10.6 Å². The largest absolute Gasteiger partial charge is 0.398 e. The van der Waals surface area contributed by atoms with Gasteiger partial charge in [-0.05, 0) is 56.6 Å². The van der Waals surface area contributed by atoms with Crippen molar-refractivity contribution in [3.05, 3.63) is 63.7 Å². The van der Waals surface area contributed by atoms with Gasteiger partial charge >= 0.3 is 0 Å². The van der Waals surface area contributed by atoms with Crippen LogP contribution < -0.4 is 5.73 Å². The summed E-state index contributed by atoms with van der Waals surface area (Å²) in [6.07, 6.45) is 3.06. The van der Waals surface area contributed by atoms with E-state index in [9.17, 15) is 9.59 Å². The predicted molar refractivity (Wildman–Crippen MR) is 111 cm³/mol. The summed E-state index contributed by atoms with van der Waals surface area (Å²) in [6, 6.07) is 11.6. The summed E-state index contributed by atoms with van der Waals surface area (Å²) in [5.41, 5.74) is 9.49. The molecule has 0 atom stereocenters. The maximum atomic E-state index is 12.6. The van der Waals surface area contributed by atoms with Gasteiger partial charge in [0.25, 0.3) is 11.8 Å². The van der Waals surface area contributed by atoms with Crippen LogP contribution in [0.4, 0.5) is 5.69 Å². The molecule has 0 radical (unpaired) electrons. The Labute approximate surface area is 170 Å². The third-order valence-corrected chi connectivity index (χ3v) is 5.95. The molecule has 28 heavy (non-hydrogen) atoms. The van der Waals surface area contributed by atoms with Crippen LogP contribution >= 0.6 is 11.6 Å². The summed E-state index contributed by atoms with van der Waals surface area (Å²) in [4.78, 5) is 28.8. The number of benzene rings is 2. The van der Waals surface area contributed by atoms with Crippen LogP contribution in [0.3, 0.4) is 0 Å². The van der Waals surface area contributed by atoms with E-state index < -0.39 is 0 Å². The van der Waals surface area contributed by atoms with Crippen molar-refractivity contribution in [3.8, 4) is 0 Å². The second-order valence-electron chi connectivity index (χ2n) is 8.14. The highest BCUT2D eigenvalue weighted by atomic mass is 35.5. The van der Waals surface area contributed by atoms with Crippen LogP contribution in [0.2, 0.25) is 5.02 Å². The molecule has 2 amide bonds. The molecule has 2 N–H and O–H groups in total. The lowest BCUT2D eigenvalue weighted by molar-refractivity contribution is 0.0656. The highest BCUT2D eigenvalue weighted by Crippen LogP contribution is 2.48. The fraction of sp³-hybridized carbons (Fsp3) is 0.364. The molecule has 1 fully saturated rings. The molecule has 5 nitrogen and oxygen atoms in total. The minimum Gasteiger partial charge on any atom is -0.398 e. The predicted octanol–water partition coefficient (Wildman–Crippen LogP) is 3.35. The maximum absolute atomic E-state index is 12.6. The molecule has 146 valence electrons. The van der Waals surface area contributed by atoms with Gasteiger partial charge in [-0.25, -0.2) is 0 Å². The standard InChI is InChI=1S/C22H24ClN3O2/c1-25(2)13-22(8-9-22)15-5-3-14(4-6-15)7-10-26-20(27)17-11-16(23)12-18(24)19(17)21(26)28/h3-6,11-12H,7-10,13,24H2,1-2H3. The molecule has 0 bridgehead atoms. The second kappa shape index (κ2) is 6.90. The van der Waals surface area contributed by atoms with E-state index in [0.29, 0.717) is 29.0 Å². The van der Waals surface area contributed by atoms with Gasteiger partial charge in [-0.2, -0.15) is 0 Å². The molecule has 0 aromatic heterocycles. The third kappa shape index (κ3) is 3.29. The van der Waals surface area contributed by atoms with Crippen LogP contribution in [0.1, 0.15) is 44.7 Å². The van der Waals surface area contributed by atoms with Gasteiger partial charge in [0.1, 0.15) is 0 Å². The van der Waals surface area contributed by atoms with Gasteiger partial charge in [-0.1, -0.05) is 35.9 Å². The number of amides is 2. The molecule has 0 spiro atoms. The van der Waals surface area contributed by atoms with E-state index in [0.717, 1.165) is 12.1 Å². The van der Waals surface area contributed by atoms with Crippen LogP contribution in [0.15, 0.2) is 36.4 Å². The maximum Gasteiger partial charge on any atom is 0.263 e. The minimum atomic E-state index is -0.339. The normalized spacial score (nSPS) is 17.4. The van der Waals surface area contributed by atoms with Crippen molar-refractivity contribution < 1.29 is 9.59 Å². The van der Waals surface area contributed by atoms with Crippen molar-refractivity contribution in [2.45, 2.75) is 24.7 Å².